The van der Waals surface area contributed by atoms with Crippen LogP contribution in [0.5, 0.6) is 0 Å². The Morgan fingerprint density at radius 3 is 2.44 bits per heavy atom. The first-order valence-electron chi connectivity index (χ1n) is 13.7. The standard InChI is InChI=1S/C31H38N6O2/c1-6-21-13-20(4)34-31(39)25(21)15-24-18-37(19(2)3)27-16-23(14-26(29(24)27)30(32)38)22-7-8-28(33-17-22)36-11-9-35(5)10-12-36/h7-8,13-14,16-19H,6,9-12,15H2,1-5H3,(H2,32,38)(H,34,39). The van der Waals surface area contributed by atoms with Crippen molar-refractivity contribution >= 4 is 22.6 Å². The summed E-state index contributed by atoms with van der Waals surface area (Å²) in [5.74, 6) is 0.478. The van der Waals surface area contributed by atoms with Gasteiger partial charge >= 0.3 is 0 Å². The summed E-state index contributed by atoms with van der Waals surface area (Å²) in [6.07, 6.45) is 5.13. The molecule has 0 bridgehead atoms. The number of aromatic nitrogens is 3. The number of nitrogens with zero attached hydrogens (tertiary/aromatic N) is 4. The monoisotopic (exact) mass is 526 g/mol. The van der Waals surface area contributed by atoms with Gasteiger partial charge in [0.25, 0.3) is 5.56 Å². The number of H-pyrrole nitrogens is 1. The number of aromatic amines is 1. The van der Waals surface area contributed by atoms with Crippen LogP contribution in [0.25, 0.3) is 22.0 Å². The third-order valence-electron chi connectivity index (χ3n) is 7.85. The second-order valence-electron chi connectivity index (χ2n) is 10.9. The zero-order chi connectivity index (χ0) is 27.8. The van der Waals surface area contributed by atoms with Crippen LogP contribution < -0.4 is 16.2 Å². The molecular formula is C31H38N6O2. The largest absolute Gasteiger partial charge is 0.366 e. The number of aryl methyl sites for hydroxylation is 2. The van der Waals surface area contributed by atoms with E-state index in [1.807, 2.05) is 25.3 Å². The van der Waals surface area contributed by atoms with Crippen molar-refractivity contribution in [1.82, 2.24) is 19.4 Å². The molecule has 1 fully saturated rings. The van der Waals surface area contributed by atoms with Gasteiger partial charge in [-0.25, -0.2) is 4.98 Å². The van der Waals surface area contributed by atoms with Crippen molar-refractivity contribution in [3.8, 4) is 11.1 Å². The Balaban J connectivity index is 1.60. The van der Waals surface area contributed by atoms with Crippen LogP contribution in [0.15, 0.2) is 47.5 Å². The summed E-state index contributed by atoms with van der Waals surface area (Å²) in [6, 6.07) is 10.3. The molecule has 4 heterocycles. The topological polar surface area (TPSA) is 100 Å². The number of rotatable bonds is 7. The molecule has 3 N–H and O–H groups in total. The normalized spacial score (nSPS) is 14.5. The molecule has 0 atom stereocenters. The highest BCUT2D eigenvalue weighted by atomic mass is 16.1. The lowest BCUT2D eigenvalue weighted by atomic mass is 9.94. The Labute approximate surface area is 229 Å². The number of nitrogens with two attached hydrogens (primary N) is 1. The molecule has 5 rings (SSSR count). The van der Waals surface area contributed by atoms with E-state index in [9.17, 15) is 9.59 Å². The number of piperazine rings is 1. The molecule has 1 amide bonds. The Bertz CT molecular complexity index is 1570. The Kier molecular flexibility index (Phi) is 7.32. The Morgan fingerprint density at radius 2 is 1.82 bits per heavy atom. The number of anilines is 1. The number of pyridine rings is 2. The van der Waals surface area contributed by atoms with E-state index in [0.717, 1.165) is 82.8 Å². The number of hydrogen-bond donors (Lipinski definition) is 2. The molecule has 8 nitrogen and oxygen atoms in total. The molecule has 0 saturated carbocycles. The average Bonchev–Trinajstić information content (AvgIpc) is 3.28. The van der Waals surface area contributed by atoms with Crippen LogP contribution in [-0.2, 0) is 12.8 Å². The molecule has 0 unspecified atom stereocenters. The fourth-order valence-corrected chi connectivity index (χ4v) is 5.66. The highest BCUT2D eigenvalue weighted by molar-refractivity contribution is 6.09. The van der Waals surface area contributed by atoms with Crippen molar-refractivity contribution in [1.29, 1.82) is 0 Å². The van der Waals surface area contributed by atoms with Crippen molar-refractivity contribution < 1.29 is 4.79 Å². The molecule has 1 saturated heterocycles. The number of likely N-dealkylation sites (N-methyl/N-ethyl adjacent to an activating group) is 1. The van der Waals surface area contributed by atoms with Gasteiger partial charge < -0.3 is 25.1 Å². The van der Waals surface area contributed by atoms with Gasteiger partial charge in [0.2, 0.25) is 5.91 Å². The fraction of sp³-hybridized carbons (Fsp3) is 0.387. The van der Waals surface area contributed by atoms with E-state index in [4.69, 9.17) is 10.7 Å². The minimum atomic E-state index is -0.486. The third kappa shape index (κ3) is 5.21. The molecule has 1 aliphatic rings. The van der Waals surface area contributed by atoms with E-state index < -0.39 is 5.91 Å². The third-order valence-corrected chi connectivity index (χ3v) is 7.85. The number of carbonyl (C=O) groups is 1. The predicted octanol–water partition coefficient (Wildman–Crippen LogP) is 4.28. The highest BCUT2D eigenvalue weighted by Crippen LogP contribution is 2.34. The highest BCUT2D eigenvalue weighted by Gasteiger charge is 2.21. The maximum absolute atomic E-state index is 12.9. The Hall–Kier alpha value is -3.91. The molecule has 4 aromatic rings. The quantitative estimate of drug-likeness (QED) is 0.374. The first-order chi connectivity index (χ1) is 18.7. The molecule has 1 aromatic carbocycles. The minimum absolute atomic E-state index is 0.0824. The van der Waals surface area contributed by atoms with Crippen LogP contribution in [0, 0.1) is 6.92 Å². The zero-order valence-corrected chi connectivity index (χ0v) is 23.5. The molecule has 0 aliphatic carbocycles. The summed E-state index contributed by atoms with van der Waals surface area (Å²) >= 11 is 0. The van der Waals surface area contributed by atoms with Gasteiger partial charge in [-0.2, -0.15) is 0 Å². The van der Waals surface area contributed by atoms with Gasteiger partial charge in [0, 0.05) is 84.3 Å². The molecule has 39 heavy (non-hydrogen) atoms. The van der Waals surface area contributed by atoms with Gasteiger partial charge in [-0.05, 0) is 81.3 Å². The summed E-state index contributed by atoms with van der Waals surface area (Å²) in [6.45, 7) is 12.1. The van der Waals surface area contributed by atoms with E-state index in [-0.39, 0.29) is 11.6 Å². The maximum atomic E-state index is 12.9. The van der Waals surface area contributed by atoms with Gasteiger partial charge in [0.05, 0.1) is 0 Å². The summed E-state index contributed by atoms with van der Waals surface area (Å²) in [4.78, 5) is 38.1. The van der Waals surface area contributed by atoms with E-state index in [2.05, 4.69) is 71.6 Å². The van der Waals surface area contributed by atoms with Crippen molar-refractivity contribution in [2.45, 2.75) is 46.6 Å². The van der Waals surface area contributed by atoms with E-state index in [1.165, 1.54) is 0 Å². The van der Waals surface area contributed by atoms with Crippen molar-refractivity contribution in [3.05, 3.63) is 81.0 Å². The SMILES string of the molecule is CCc1cc(C)[nH]c(=O)c1Cc1cn(C(C)C)c2cc(-c3ccc(N4CCN(C)CC4)nc3)cc(C(N)=O)c12. The number of primary amides is 1. The van der Waals surface area contributed by atoms with Crippen LogP contribution in [0.4, 0.5) is 5.82 Å². The second-order valence-corrected chi connectivity index (χ2v) is 10.9. The summed E-state index contributed by atoms with van der Waals surface area (Å²) in [5.41, 5.74) is 12.6. The lowest BCUT2D eigenvalue weighted by Crippen LogP contribution is -2.44. The number of amides is 1. The summed E-state index contributed by atoms with van der Waals surface area (Å²) in [5, 5.41) is 0.809. The number of nitrogens with one attached hydrogen (secondary N) is 1. The first-order valence-corrected chi connectivity index (χ1v) is 13.7. The molecule has 8 heteroatoms. The molecule has 0 radical (unpaired) electrons. The van der Waals surface area contributed by atoms with Gasteiger partial charge in [-0.15, -0.1) is 0 Å². The molecule has 0 spiro atoms. The van der Waals surface area contributed by atoms with Crippen LogP contribution in [0.1, 0.15) is 59.6 Å². The van der Waals surface area contributed by atoms with Gasteiger partial charge in [0.1, 0.15) is 5.82 Å². The van der Waals surface area contributed by atoms with Gasteiger partial charge in [-0.1, -0.05) is 6.92 Å². The molecule has 3 aromatic heterocycles. The van der Waals surface area contributed by atoms with Crippen LogP contribution in [0.3, 0.4) is 0 Å². The molecule has 204 valence electrons. The fourth-order valence-electron chi connectivity index (χ4n) is 5.66. The average molecular weight is 527 g/mol. The number of carbonyl (C=O) groups excluding carboxylic acids is 1. The first kappa shape index (κ1) is 26.7. The number of benzene rings is 1. The lowest BCUT2D eigenvalue weighted by Gasteiger charge is -2.33. The maximum Gasteiger partial charge on any atom is 0.251 e. The number of fused-ring (bicyclic) bond motifs is 1. The van der Waals surface area contributed by atoms with Crippen molar-refractivity contribution in [2.24, 2.45) is 5.73 Å². The number of hydrogen-bond acceptors (Lipinski definition) is 5. The smallest absolute Gasteiger partial charge is 0.251 e. The minimum Gasteiger partial charge on any atom is -0.366 e. The van der Waals surface area contributed by atoms with Gasteiger partial charge in [-0.3, -0.25) is 9.59 Å². The Morgan fingerprint density at radius 1 is 1.08 bits per heavy atom. The van der Waals surface area contributed by atoms with Crippen molar-refractivity contribution in [3.63, 3.8) is 0 Å². The summed E-state index contributed by atoms with van der Waals surface area (Å²) < 4.78 is 2.17. The summed E-state index contributed by atoms with van der Waals surface area (Å²) in [7, 11) is 2.14. The molecular weight excluding hydrogens is 488 g/mol. The van der Waals surface area contributed by atoms with E-state index in [1.54, 1.807) is 0 Å². The van der Waals surface area contributed by atoms with E-state index in [0.29, 0.717) is 12.0 Å². The molecule has 1 aliphatic heterocycles. The van der Waals surface area contributed by atoms with Crippen molar-refractivity contribution in [2.75, 3.05) is 38.1 Å². The zero-order valence-electron chi connectivity index (χ0n) is 23.5. The van der Waals surface area contributed by atoms with E-state index >= 15 is 0 Å². The van der Waals surface area contributed by atoms with Crippen LogP contribution >= 0.6 is 0 Å². The predicted molar refractivity (Wildman–Crippen MR) is 158 cm³/mol. The second kappa shape index (κ2) is 10.7. The van der Waals surface area contributed by atoms with Crippen LogP contribution in [-0.4, -0.2) is 58.6 Å². The van der Waals surface area contributed by atoms with Gasteiger partial charge in [0.15, 0.2) is 0 Å². The van der Waals surface area contributed by atoms with Crippen LogP contribution in [0.2, 0.25) is 0 Å². The lowest BCUT2D eigenvalue weighted by molar-refractivity contribution is 0.100.